The molecule has 2 N–H and O–H groups in total. The molecule has 0 bridgehead atoms. The van der Waals surface area contributed by atoms with E-state index in [9.17, 15) is 0 Å². The highest BCUT2D eigenvalue weighted by Gasteiger charge is 2.12. The van der Waals surface area contributed by atoms with Crippen molar-refractivity contribution in [3.05, 3.63) is 42.5 Å². The van der Waals surface area contributed by atoms with E-state index in [1.54, 1.807) is 0 Å². The molecule has 0 saturated heterocycles. The fourth-order valence-electron chi connectivity index (χ4n) is 2.76. The predicted molar refractivity (Wildman–Crippen MR) is 77.6 cm³/mol. The maximum Gasteiger partial charge on any atom is 0.0566 e. The third kappa shape index (κ3) is 2.49. The standard InChI is InChI=1S/C16H20N2/c1-2-9-14(10-3-1)17-18-16-12-6-8-13-7-4-5-11-15(13)16/h4-8,11-12,14,17-18H,1-3,9-10H2. The van der Waals surface area contributed by atoms with Gasteiger partial charge < -0.3 is 5.43 Å². The van der Waals surface area contributed by atoms with Crippen LogP contribution in [0.1, 0.15) is 32.1 Å². The van der Waals surface area contributed by atoms with E-state index in [-0.39, 0.29) is 0 Å². The number of hydrogen-bond acceptors (Lipinski definition) is 2. The number of benzene rings is 2. The molecular weight excluding hydrogens is 220 g/mol. The monoisotopic (exact) mass is 240 g/mol. The molecule has 2 aromatic rings. The molecular formula is C16H20N2. The summed E-state index contributed by atoms with van der Waals surface area (Å²) in [5.74, 6) is 0. The lowest BCUT2D eigenvalue weighted by Crippen LogP contribution is -2.35. The van der Waals surface area contributed by atoms with Gasteiger partial charge in [-0.25, -0.2) is 5.43 Å². The van der Waals surface area contributed by atoms with Crippen LogP contribution in [0.15, 0.2) is 42.5 Å². The highest BCUT2D eigenvalue weighted by molar-refractivity contribution is 5.93. The largest absolute Gasteiger partial charge is 0.321 e. The molecule has 2 heteroatoms. The number of hydrogen-bond donors (Lipinski definition) is 2. The van der Waals surface area contributed by atoms with Crippen molar-refractivity contribution in [2.75, 3.05) is 5.43 Å². The number of rotatable bonds is 3. The van der Waals surface area contributed by atoms with Crippen molar-refractivity contribution < 1.29 is 0 Å². The Balaban J connectivity index is 1.74. The fourth-order valence-corrected chi connectivity index (χ4v) is 2.76. The second-order valence-electron chi connectivity index (χ2n) is 5.13. The molecule has 0 aliphatic heterocycles. The first-order valence-corrected chi connectivity index (χ1v) is 6.93. The van der Waals surface area contributed by atoms with E-state index in [1.807, 2.05) is 0 Å². The summed E-state index contributed by atoms with van der Waals surface area (Å²) in [4.78, 5) is 0. The number of hydrazine groups is 1. The van der Waals surface area contributed by atoms with Crippen LogP contribution < -0.4 is 10.9 Å². The average Bonchev–Trinajstić information content (AvgIpc) is 2.46. The molecule has 0 amide bonds. The summed E-state index contributed by atoms with van der Waals surface area (Å²) in [6.45, 7) is 0. The Morgan fingerprint density at radius 1 is 0.833 bits per heavy atom. The minimum atomic E-state index is 0.623. The van der Waals surface area contributed by atoms with Gasteiger partial charge in [-0.3, -0.25) is 0 Å². The summed E-state index contributed by atoms with van der Waals surface area (Å²) in [5, 5.41) is 2.57. The Bertz CT molecular complexity index is 510. The highest BCUT2D eigenvalue weighted by atomic mass is 15.4. The van der Waals surface area contributed by atoms with Crippen molar-refractivity contribution in [2.24, 2.45) is 0 Å². The second kappa shape index (κ2) is 5.40. The number of fused-ring (bicyclic) bond motifs is 1. The summed E-state index contributed by atoms with van der Waals surface area (Å²) < 4.78 is 0. The third-order valence-electron chi connectivity index (χ3n) is 3.81. The summed E-state index contributed by atoms with van der Waals surface area (Å²) in [6, 6.07) is 15.5. The number of nitrogens with one attached hydrogen (secondary N) is 2. The van der Waals surface area contributed by atoms with Gasteiger partial charge in [-0.1, -0.05) is 55.7 Å². The van der Waals surface area contributed by atoms with Gasteiger partial charge in [0.25, 0.3) is 0 Å². The minimum Gasteiger partial charge on any atom is -0.321 e. The van der Waals surface area contributed by atoms with E-state index in [0.717, 1.165) is 0 Å². The summed E-state index contributed by atoms with van der Waals surface area (Å²) in [7, 11) is 0. The lowest BCUT2D eigenvalue weighted by molar-refractivity contribution is 0.393. The van der Waals surface area contributed by atoms with Crippen LogP contribution in [0.2, 0.25) is 0 Å². The summed E-state index contributed by atoms with van der Waals surface area (Å²) in [5.41, 5.74) is 8.07. The minimum absolute atomic E-state index is 0.623. The summed E-state index contributed by atoms with van der Waals surface area (Å²) >= 11 is 0. The Kier molecular flexibility index (Phi) is 3.47. The zero-order chi connectivity index (χ0) is 12.2. The van der Waals surface area contributed by atoms with E-state index in [4.69, 9.17) is 0 Å². The van der Waals surface area contributed by atoms with Gasteiger partial charge in [0, 0.05) is 11.4 Å². The van der Waals surface area contributed by atoms with Gasteiger partial charge in [0.05, 0.1) is 5.69 Å². The van der Waals surface area contributed by atoms with Gasteiger partial charge in [0.15, 0.2) is 0 Å². The number of anilines is 1. The molecule has 0 spiro atoms. The van der Waals surface area contributed by atoms with Crippen LogP contribution in [-0.4, -0.2) is 6.04 Å². The van der Waals surface area contributed by atoms with Crippen LogP contribution in [0, 0.1) is 0 Å². The molecule has 0 aromatic heterocycles. The molecule has 18 heavy (non-hydrogen) atoms. The predicted octanol–water partition coefficient (Wildman–Crippen LogP) is 4.09. The first-order chi connectivity index (χ1) is 8.93. The molecule has 0 heterocycles. The van der Waals surface area contributed by atoms with Crippen molar-refractivity contribution in [3.63, 3.8) is 0 Å². The lowest BCUT2D eigenvalue weighted by Gasteiger charge is -2.24. The Labute approximate surface area is 108 Å². The lowest BCUT2D eigenvalue weighted by atomic mass is 9.96. The normalized spacial score (nSPS) is 16.9. The van der Waals surface area contributed by atoms with Crippen molar-refractivity contribution >= 4 is 16.5 Å². The van der Waals surface area contributed by atoms with Gasteiger partial charge in [-0.2, -0.15) is 0 Å². The molecule has 3 rings (SSSR count). The van der Waals surface area contributed by atoms with Crippen LogP contribution in [0.4, 0.5) is 5.69 Å². The van der Waals surface area contributed by atoms with E-state index in [2.05, 4.69) is 53.3 Å². The van der Waals surface area contributed by atoms with Gasteiger partial charge in [-0.05, 0) is 24.3 Å². The van der Waals surface area contributed by atoms with Crippen LogP contribution in [0.25, 0.3) is 10.8 Å². The van der Waals surface area contributed by atoms with Crippen molar-refractivity contribution in [2.45, 2.75) is 38.1 Å². The molecule has 0 unspecified atom stereocenters. The zero-order valence-corrected chi connectivity index (χ0v) is 10.7. The molecule has 1 aliphatic carbocycles. The molecule has 2 nitrogen and oxygen atoms in total. The van der Waals surface area contributed by atoms with Crippen LogP contribution in [0.5, 0.6) is 0 Å². The molecule has 1 fully saturated rings. The maximum absolute atomic E-state index is 3.48. The first-order valence-electron chi connectivity index (χ1n) is 6.93. The van der Waals surface area contributed by atoms with Crippen LogP contribution in [-0.2, 0) is 0 Å². The van der Waals surface area contributed by atoms with E-state index >= 15 is 0 Å². The average molecular weight is 240 g/mol. The summed E-state index contributed by atoms with van der Waals surface area (Å²) in [6.07, 6.45) is 6.69. The van der Waals surface area contributed by atoms with E-state index in [1.165, 1.54) is 48.6 Å². The van der Waals surface area contributed by atoms with Crippen molar-refractivity contribution in [1.29, 1.82) is 0 Å². The van der Waals surface area contributed by atoms with E-state index in [0.29, 0.717) is 6.04 Å². The van der Waals surface area contributed by atoms with E-state index < -0.39 is 0 Å². The van der Waals surface area contributed by atoms with Crippen LogP contribution in [0.3, 0.4) is 0 Å². The maximum atomic E-state index is 3.48. The van der Waals surface area contributed by atoms with Gasteiger partial charge in [0.1, 0.15) is 0 Å². The SMILES string of the molecule is c1ccc2c(NNC3CCCCC3)cccc2c1. The molecule has 94 valence electrons. The Morgan fingerprint density at radius 3 is 2.50 bits per heavy atom. The smallest absolute Gasteiger partial charge is 0.0566 e. The fraction of sp³-hybridized carbons (Fsp3) is 0.375. The van der Waals surface area contributed by atoms with Gasteiger partial charge >= 0.3 is 0 Å². The highest BCUT2D eigenvalue weighted by Crippen LogP contribution is 2.23. The second-order valence-corrected chi connectivity index (χ2v) is 5.13. The first kappa shape index (κ1) is 11.5. The molecule has 1 aliphatic rings. The third-order valence-corrected chi connectivity index (χ3v) is 3.81. The van der Waals surface area contributed by atoms with Crippen molar-refractivity contribution in [3.8, 4) is 0 Å². The van der Waals surface area contributed by atoms with Gasteiger partial charge in [0.2, 0.25) is 0 Å². The molecule has 0 atom stereocenters. The Hall–Kier alpha value is -1.54. The quantitative estimate of drug-likeness (QED) is 0.790. The molecule has 0 radical (unpaired) electrons. The topological polar surface area (TPSA) is 24.1 Å². The molecule has 2 aromatic carbocycles. The zero-order valence-electron chi connectivity index (χ0n) is 10.7. The van der Waals surface area contributed by atoms with Crippen LogP contribution >= 0.6 is 0 Å². The van der Waals surface area contributed by atoms with Gasteiger partial charge in [-0.15, -0.1) is 0 Å². The Morgan fingerprint density at radius 2 is 1.61 bits per heavy atom. The van der Waals surface area contributed by atoms with Crippen molar-refractivity contribution in [1.82, 2.24) is 5.43 Å². The molecule has 1 saturated carbocycles.